The summed E-state index contributed by atoms with van der Waals surface area (Å²) in [6.45, 7) is 3.29. The zero-order valence-electron chi connectivity index (χ0n) is 15.5. The van der Waals surface area contributed by atoms with E-state index in [1.165, 1.54) is 16.6 Å². The van der Waals surface area contributed by atoms with Gasteiger partial charge in [0.1, 0.15) is 22.7 Å². The summed E-state index contributed by atoms with van der Waals surface area (Å²) in [6.07, 6.45) is 2.99. The Hall–Kier alpha value is -2.07. The summed E-state index contributed by atoms with van der Waals surface area (Å²) < 4.78 is 38.1. The molecule has 0 atom stereocenters. The fraction of sp³-hybridized carbons (Fsp3) is 0.389. The van der Waals surface area contributed by atoms with Gasteiger partial charge in [0.15, 0.2) is 0 Å². The van der Waals surface area contributed by atoms with Crippen LogP contribution in [-0.4, -0.2) is 38.3 Å². The van der Waals surface area contributed by atoms with Crippen LogP contribution >= 0.6 is 12.4 Å². The highest BCUT2D eigenvalue weighted by atomic mass is 35.5. The van der Waals surface area contributed by atoms with Crippen molar-refractivity contribution in [3.05, 3.63) is 41.9 Å². The number of nitrogens with one attached hydrogen (secondary N) is 1. The summed E-state index contributed by atoms with van der Waals surface area (Å²) in [5.74, 6) is 0.354. The second-order valence-corrected chi connectivity index (χ2v) is 8.07. The van der Waals surface area contributed by atoms with Crippen molar-refractivity contribution in [3.63, 3.8) is 0 Å². The Kier molecular flexibility index (Phi) is 7.48. The fourth-order valence-electron chi connectivity index (χ4n) is 2.94. The molecule has 1 aromatic heterocycles. The topological polar surface area (TPSA) is 115 Å². The number of rotatable bonds is 7. The number of sulfonamides is 1. The van der Waals surface area contributed by atoms with Crippen LogP contribution < -0.4 is 15.8 Å². The number of furan rings is 1. The van der Waals surface area contributed by atoms with Gasteiger partial charge in [-0.25, -0.2) is 8.42 Å². The van der Waals surface area contributed by atoms with Crippen molar-refractivity contribution in [2.75, 3.05) is 25.0 Å². The maximum atomic E-state index is 13.0. The Balaban J connectivity index is 0.00000280. The lowest BCUT2D eigenvalue weighted by Crippen LogP contribution is -2.28. The highest BCUT2D eigenvalue weighted by Gasteiger charge is 2.30. The van der Waals surface area contributed by atoms with Crippen molar-refractivity contribution in [1.82, 2.24) is 4.31 Å². The first-order valence-electron chi connectivity index (χ1n) is 8.81. The lowest BCUT2D eigenvalue weighted by Gasteiger charge is -2.19. The lowest BCUT2D eigenvalue weighted by molar-refractivity contribution is 0.102. The third-order valence-electron chi connectivity index (χ3n) is 4.30. The Labute approximate surface area is 170 Å². The molecule has 2 heterocycles. The molecule has 8 nitrogen and oxygen atoms in total. The molecule has 10 heteroatoms. The first kappa shape index (κ1) is 22.2. The first-order valence-corrected chi connectivity index (χ1v) is 10.3. The number of anilines is 1. The van der Waals surface area contributed by atoms with Gasteiger partial charge in [-0.1, -0.05) is 0 Å². The van der Waals surface area contributed by atoms with E-state index in [-0.39, 0.29) is 29.6 Å². The van der Waals surface area contributed by atoms with Crippen LogP contribution in [0.25, 0.3) is 0 Å². The van der Waals surface area contributed by atoms with Crippen molar-refractivity contribution >= 4 is 34.0 Å². The lowest BCUT2D eigenvalue weighted by atomic mass is 10.2. The second kappa shape index (κ2) is 9.42. The van der Waals surface area contributed by atoms with E-state index in [1.807, 2.05) is 0 Å². The molecule has 0 spiro atoms. The molecule has 3 rings (SSSR count). The molecular weight excluding hydrogens is 406 g/mol. The number of hydrogen-bond donors (Lipinski definition) is 2. The van der Waals surface area contributed by atoms with Gasteiger partial charge in [-0.3, -0.25) is 4.79 Å². The van der Waals surface area contributed by atoms with E-state index in [0.717, 1.165) is 12.8 Å². The third-order valence-corrected chi connectivity index (χ3v) is 6.22. The number of nitrogens with zero attached hydrogens (tertiary/aromatic N) is 1. The average Bonchev–Trinajstić information content (AvgIpc) is 3.35. The fourth-order valence-corrected chi connectivity index (χ4v) is 4.61. The van der Waals surface area contributed by atoms with Crippen LogP contribution in [0.2, 0.25) is 0 Å². The summed E-state index contributed by atoms with van der Waals surface area (Å²) in [5.41, 5.74) is 6.15. The molecule has 1 saturated heterocycles. The van der Waals surface area contributed by atoms with E-state index >= 15 is 0 Å². The zero-order chi connectivity index (χ0) is 19.4. The standard InChI is InChI=1S/C18H23N3O5S.ClH/c1-2-25-16-6-5-14(20-18(22)13-9-15(11-19)26-12-13)10-17(16)27(23,24)21-7-3-4-8-21;/h5-6,9-10,12H,2-4,7-8,11,19H2,1H3,(H,20,22);1H. The van der Waals surface area contributed by atoms with Gasteiger partial charge < -0.3 is 20.2 Å². The van der Waals surface area contributed by atoms with Crippen LogP contribution in [0.4, 0.5) is 5.69 Å². The van der Waals surface area contributed by atoms with Gasteiger partial charge in [-0.2, -0.15) is 4.31 Å². The van der Waals surface area contributed by atoms with Crippen LogP contribution in [0.1, 0.15) is 35.9 Å². The maximum Gasteiger partial charge on any atom is 0.258 e. The summed E-state index contributed by atoms with van der Waals surface area (Å²) in [4.78, 5) is 12.4. The van der Waals surface area contributed by atoms with Gasteiger partial charge in [-0.05, 0) is 44.0 Å². The molecule has 0 radical (unpaired) electrons. The number of ether oxygens (including phenoxy) is 1. The molecule has 1 aliphatic rings. The second-order valence-electron chi connectivity index (χ2n) is 6.17. The molecule has 0 unspecified atom stereocenters. The Morgan fingerprint density at radius 2 is 2.00 bits per heavy atom. The van der Waals surface area contributed by atoms with E-state index in [0.29, 0.717) is 36.7 Å². The van der Waals surface area contributed by atoms with E-state index in [4.69, 9.17) is 14.9 Å². The van der Waals surface area contributed by atoms with Crippen LogP contribution in [0.15, 0.2) is 39.8 Å². The Bertz CT molecular complexity index is 923. The van der Waals surface area contributed by atoms with Crippen molar-refractivity contribution in [3.8, 4) is 5.75 Å². The molecule has 28 heavy (non-hydrogen) atoms. The van der Waals surface area contributed by atoms with E-state index in [2.05, 4.69) is 5.32 Å². The SMILES string of the molecule is CCOc1ccc(NC(=O)c2coc(CN)c2)cc1S(=O)(=O)N1CCCC1.Cl. The molecule has 3 N–H and O–H groups in total. The average molecular weight is 430 g/mol. The Morgan fingerprint density at radius 3 is 2.61 bits per heavy atom. The van der Waals surface area contributed by atoms with Crippen LogP contribution in [0.3, 0.4) is 0 Å². The highest BCUT2D eigenvalue weighted by Crippen LogP contribution is 2.31. The van der Waals surface area contributed by atoms with Gasteiger partial charge in [0.05, 0.1) is 18.7 Å². The number of benzene rings is 1. The maximum absolute atomic E-state index is 13.0. The number of hydrogen-bond acceptors (Lipinski definition) is 6. The van der Waals surface area contributed by atoms with E-state index in [1.54, 1.807) is 25.1 Å². The van der Waals surface area contributed by atoms with Crippen molar-refractivity contribution in [2.24, 2.45) is 5.73 Å². The van der Waals surface area contributed by atoms with Crippen LogP contribution in [0.5, 0.6) is 5.75 Å². The van der Waals surface area contributed by atoms with Gasteiger partial charge in [0.2, 0.25) is 10.0 Å². The van der Waals surface area contributed by atoms with Gasteiger partial charge >= 0.3 is 0 Å². The minimum atomic E-state index is -3.69. The molecule has 154 valence electrons. The summed E-state index contributed by atoms with van der Waals surface area (Å²) >= 11 is 0. The number of nitrogens with two attached hydrogens (primary N) is 1. The molecular formula is C18H24ClN3O5S. The minimum Gasteiger partial charge on any atom is -0.492 e. The third kappa shape index (κ3) is 4.67. The van der Waals surface area contributed by atoms with E-state index in [9.17, 15) is 13.2 Å². The highest BCUT2D eigenvalue weighted by molar-refractivity contribution is 7.89. The molecule has 1 aliphatic heterocycles. The first-order chi connectivity index (χ1) is 13.0. The van der Waals surface area contributed by atoms with Crippen LogP contribution in [0, 0.1) is 0 Å². The normalized spacial score (nSPS) is 14.5. The van der Waals surface area contributed by atoms with Gasteiger partial charge in [0, 0.05) is 18.8 Å². The summed E-state index contributed by atoms with van der Waals surface area (Å²) in [7, 11) is -3.69. The number of carbonyl (C=O) groups is 1. The van der Waals surface area contributed by atoms with Gasteiger partial charge in [-0.15, -0.1) is 12.4 Å². The summed E-state index contributed by atoms with van der Waals surface area (Å²) in [5, 5.41) is 2.69. The number of amides is 1. The monoisotopic (exact) mass is 429 g/mol. The predicted molar refractivity (Wildman–Crippen MR) is 107 cm³/mol. The molecule has 0 bridgehead atoms. The van der Waals surface area contributed by atoms with Crippen molar-refractivity contribution in [2.45, 2.75) is 31.2 Å². The molecule has 0 aliphatic carbocycles. The number of halogens is 1. The van der Waals surface area contributed by atoms with Gasteiger partial charge in [0.25, 0.3) is 5.91 Å². The van der Waals surface area contributed by atoms with E-state index < -0.39 is 15.9 Å². The zero-order valence-corrected chi connectivity index (χ0v) is 17.1. The minimum absolute atomic E-state index is 0. The largest absolute Gasteiger partial charge is 0.492 e. The predicted octanol–water partition coefficient (Wildman–Crippen LogP) is 2.60. The molecule has 1 aromatic carbocycles. The quantitative estimate of drug-likeness (QED) is 0.699. The van der Waals surface area contributed by atoms with Crippen LogP contribution in [-0.2, 0) is 16.6 Å². The number of carbonyl (C=O) groups excluding carboxylic acids is 1. The van der Waals surface area contributed by atoms with Crippen molar-refractivity contribution < 1.29 is 22.4 Å². The summed E-state index contributed by atoms with van der Waals surface area (Å²) in [6, 6.07) is 6.14. The van der Waals surface area contributed by atoms with Crippen molar-refractivity contribution in [1.29, 1.82) is 0 Å². The smallest absolute Gasteiger partial charge is 0.258 e. The Morgan fingerprint density at radius 1 is 1.29 bits per heavy atom. The molecule has 1 fully saturated rings. The molecule has 2 aromatic rings. The molecule has 0 saturated carbocycles. The molecule has 1 amide bonds.